The van der Waals surface area contributed by atoms with Crippen molar-refractivity contribution in [1.82, 2.24) is 0 Å². The molecule has 0 unspecified atom stereocenters. The molecule has 5 atom stereocenters. The fraction of sp³-hybridized carbons (Fsp3) is 0.323. The Hall–Kier alpha value is -2.53. The molecule has 6 heteroatoms. The second kappa shape index (κ2) is 11.9. The minimum atomic E-state index is -1.91. The van der Waals surface area contributed by atoms with Gasteiger partial charge in [0.2, 0.25) is 0 Å². The Kier molecular flexibility index (Phi) is 8.84. The fourth-order valence-electron chi connectivity index (χ4n) is 4.96. The summed E-state index contributed by atoms with van der Waals surface area (Å²) in [4.78, 5) is 11.2. The normalized spacial score (nSPS) is 21.6. The van der Waals surface area contributed by atoms with Crippen LogP contribution in [0.3, 0.4) is 0 Å². The van der Waals surface area contributed by atoms with Gasteiger partial charge in [-0.25, -0.2) is 0 Å². The average Bonchev–Trinajstić information content (AvgIpc) is 3.32. The molecule has 0 radical (unpaired) electrons. The number of ether oxygens (including phenoxy) is 2. The number of rotatable bonds is 10. The number of carbonyl (C=O) groups excluding carboxylic acids is 1. The van der Waals surface area contributed by atoms with Gasteiger partial charge in [-0.3, -0.25) is 0 Å². The summed E-state index contributed by atoms with van der Waals surface area (Å²) in [7, 11) is -1.91. The minimum Gasteiger partial charge on any atom is -0.412 e. The second-order valence-electron chi connectivity index (χ2n) is 10.2. The Morgan fingerprint density at radius 2 is 1.41 bits per heavy atom. The summed E-state index contributed by atoms with van der Waals surface area (Å²) in [5.74, 6) is 2.87. The third-order valence-corrected chi connectivity index (χ3v) is 8.21. The summed E-state index contributed by atoms with van der Waals surface area (Å²) in [5, 5.41) is 0. The lowest BCUT2D eigenvalue weighted by molar-refractivity contribution is -0.114. The first-order valence-electron chi connectivity index (χ1n) is 12.5. The van der Waals surface area contributed by atoms with E-state index in [-0.39, 0.29) is 6.10 Å². The van der Waals surface area contributed by atoms with Crippen molar-refractivity contribution in [3.05, 3.63) is 108 Å². The van der Waals surface area contributed by atoms with Crippen LogP contribution >= 0.6 is 15.9 Å². The zero-order valence-electron chi connectivity index (χ0n) is 21.4. The van der Waals surface area contributed by atoms with Crippen LogP contribution in [0.25, 0.3) is 0 Å². The van der Waals surface area contributed by atoms with Crippen LogP contribution in [0.15, 0.2) is 91.0 Å². The third-order valence-electron chi connectivity index (χ3n) is 6.46. The molecule has 0 amide bonds. The third kappa shape index (κ3) is 6.14. The maximum atomic E-state index is 11.7. The van der Waals surface area contributed by atoms with Crippen molar-refractivity contribution in [2.45, 2.75) is 60.9 Å². The Morgan fingerprint density at radius 1 is 0.946 bits per heavy atom. The lowest BCUT2D eigenvalue weighted by Crippen LogP contribution is -2.41. The van der Waals surface area contributed by atoms with Crippen LogP contribution in [0.5, 0.6) is 0 Å². The maximum absolute atomic E-state index is 11.7. The van der Waals surface area contributed by atoms with Gasteiger partial charge in [0.15, 0.2) is 8.32 Å². The van der Waals surface area contributed by atoms with Crippen molar-refractivity contribution < 1.29 is 18.7 Å². The summed E-state index contributed by atoms with van der Waals surface area (Å²) in [5.41, 5.74) is 1.91. The summed E-state index contributed by atoms with van der Waals surface area (Å²) in [6.07, 6.45) is 5.67. The number of halogens is 1. The van der Waals surface area contributed by atoms with Crippen molar-refractivity contribution in [1.29, 1.82) is 0 Å². The molecule has 1 aliphatic heterocycles. The molecule has 192 valence electrons. The lowest BCUT2D eigenvalue weighted by Gasteiger charge is -2.39. The number of terminal acetylenes is 1. The summed E-state index contributed by atoms with van der Waals surface area (Å²) in [6, 6.07) is 30.3. The molecule has 37 heavy (non-hydrogen) atoms. The largest absolute Gasteiger partial charge is 0.412 e. The van der Waals surface area contributed by atoms with Crippen LogP contribution in [-0.4, -0.2) is 43.8 Å². The number of benzene rings is 3. The molecule has 1 fully saturated rings. The van der Waals surface area contributed by atoms with Crippen molar-refractivity contribution in [2.75, 3.05) is 0 Å². The number of hydrogen-bond acceptors (Lipinski definition) is 4. The highest BCUT2D eigenvalue weighted by Gasteiger charge is 2.48. The van der Waals surface area contributed by atoms with E-state index in [1.165, 1.54) is 0 Å². The van der Waals surface area contributed by atoms with Crippen LogP contribution in [0.2, 0.25) is 19.6 Å². The van der Waals surface area contributed by atoms with E-state index in [4.69, 9.17) is 20.3 Å². The molecule has 3 aromatic carbocycles. The highest BCUT2D eigenvalue weighted by Crippen LogP contribution is 2.43. The molecule has 1 saturated heterocycles. The van der Waals surface area contributed by atoms with Gasteiger partial charge >= 0.3 is 0 Å². The lowest BCUT2D eigenvalue weighted by atomic mass is 9.79. The van der Waals surface area contributed by atoms with Crippen LogP contribution in [0.1, 0.15) is 23.1 Å². The molecule has 0 N–H and O–H groups in total. The summed E-state index contributed by atoms with van der Waals surface area (Å²) >= 11 is 3.47. The van der Waals surface area contributed by atoms with Crippen molar-refractivity contribution in [3.8, 4) is 12.3 Å². The van der Waals surface area contributed by atoms with E-state index in [0.29, 0.717) is 6.42 Å². The van der Waals surface area contributed by atoms with Gasteiger partial charge in [-0.05, 0) is 36.3 Å². The van der Waals surface area contributed by atoms with Crippen molar-refractivity contribution in [3.63, 3.8) is 0 Å². The first-order chi connectivity index (χ1) is 17.8. The molecular formula is C31H33BrO4Si. The van der Waals surface area contributed by atoms with E-state index in [0.717, 1.165) is 23.0 Å². The molecule has 0 aromatic heterocycles. The van der Waals surface area contributed by atoms with E-state index in [1.54, 1.807) is 0 Å². The zero-order chi connectivity index (χ0) is 26.5. The molecule has 4 nitrogen and oxygen atoms in total. The van der Waals surface area contributed by atoms with Crippen LogP contribution in [0, 0.1) is 12.3 Å². The Bertz CT molecular complexity index is 1090. The predicted molar refractivity (Wildman–Crippen MR) is 153 cm³/mol. The topological polar surface area (TPSA) is 44.8 Å². The fourth-order valence-corrected chi connectivity index (χ4v) is 6.56. The van der Waals surface area contributed by atoms with E-state index in [2.05, 4.69) is 77.9 Å². The number of aldehydes is 1. The number of carbonyl (C=O) groups is 1. The van der Waals surface area contributed by atoms with Gasteiger partial charge in [-0.1, -0.05) is 113 Å². The van der Waals surface area contributed by atoms with Gasteiger partial charge in [0.05, 0.1) is 17.0 Å². The molecule has 3 aromatic rings. The van der Waals surface area contributed by atoms with E-state index < -0.39 is 37.1 Å². The highest BCUT2D eigenvalue weighted by molar-refractivity contribution is 9.10. The average molecular weight is 578 g/mol. The van der Waals surface area contributed by atoms with Crippen molar-refractivity contribution in [2.24, 2.45) is 0 Å². The SMILES string of the molecule is C#C[C@@H](OC(c1ccccc1)(c1ccccc1)c1ccccc1)[C@H]1C[C@H](O[Si](C)(C)C)[C@H]([C@@H](Br)C=O)O1. The molecule has 0 bridgehead atoms. The van der Waals surface area contributed by atoms with Crippen LogP contribution in [-0.2, 0) is 24.3 Å². The van der Waals surface area contributed by atoms with Crippen LogP contribution in [0.4, 0.5) is 0 Å². The van der Waals surface area contributed by atoms with Gasteiger partial charge in [0, 0.05) is 6.42 Å². The monoisotopic (exact) mass is 576 g/mol. The molecule has 0 aliphatic carbocycles. The number of alkyl halides is 1. The Morgan fingerprint density at radius 3 is 1.78 bits per heavy atom. The maximum Gasteiger partial charge on any atom is 0.184 e. The van der Waals surface area contributed by atoms with E-state index >= 15 is 0 Å². The minimum absolute atomic E-state index is 0.259. The molecular weight excluding hydrogens is 544 g/mol. The van der Waals surface area contributed by atoms with Gasteiger partial charge < -0.3 is 18.7 Å². The molecule has 0 saturated carbocycles. The molecule has 1 aliphatic rings. The second-order valence-corrected chi connectivity index (χ2v) is 15.7. The zero-order valence-corrected chi connectivity index (χ0v) is 24.0. The first-order valence-corrected chi connectivity index (χ1v) is 16.8. The van der Waals surface area contributed by atoms with E-state index in [9.17, 15) is 4.79 Å². The van der Waals surface area contributed by atoms with Crippen LogP contribution < -0.4 is 0 Å². The Labute approximate surface area is 229 Å². The first kappa shape index (κ1) is 27.5. The van der Waals surface area contributed by atoms with Gasteiger partial charge in [-0.15, -0.1) is 6.42 Å². The highest BCUT2D eigenvalue weighted by atomic mass is 79.9. The molecule has 4 rings (SSSR count). The van der Waals surface area contributed by atoms with Crippen molar-refractivity contribution >= 4 is 30.5 Å². The Balaban J connectivity index is 1.79. The molecule has 0 spiro atoms. The summed E-state index contributed by atoms with van der Waals surface area (Å²) in [6.45, 7) is 6.38. The van der Waals surface area contributed by atoms with E-state index in [1.807, 2.05) is 54.6 Å². The number of hydrogen-bond donors (Lipinski definition) is 0. The van der Waals surface area contributed by atoms with Gasteiger partial charge in [0.25, 0.3) is 0 Å². The quantitative estimate of drug-likeness (QED) is 0.0928. The molecule has 1 heterocycles. The smallest absolute Gasteiger partial charge is 0.184 e. The van der Waals surface area contributed by atoms with Gasteiger partial charge in [-0.2, -0.15) is 0 Å². The standard InChI is InChI=1S/C31H33BrO4Si/c1-5-27(28-21-29(36-37(2,3)4)30(34-28)26(32)22-33)35-31(23-15-9-6-10-16-23,24-17-11-7-12-18-24)25-19-13-8-14-20-25/h1,6-20,22,26-30H,21H2,2-4H3/t26-,27+,28+,29-,30-/m0/s1. The predicted octanol–water partition coefficient (Wildman–Crippen LogP) is 6.34. The van der Waals surface area contributed by atoms with Gasteiger partial charge in [0.1, 0.15) is 24.1 Å². The summed E-state index contributed by atoms with van der Waals surface area (Å²) < 4.78 is 19.9.